The topological polar surface area (TPSA) is 26.7 Å². The third kappa shape index (κ3) is 3.43. The van der Waals surface area contributed by atoms with Gasteiger partial charge in [0, 0.05) is 32.2 Å². The van der Waals surface area contributed by atoms with Gasteiger partial charge in [-0.3, -0.25) is 4.90 Å². The largest absolute Gasteiger partial charge is 0.507 e. The monoisotopic (exact) mass is 288 g/mol. The lowest BCUT2D eigenvalue weighted by molar-refractivity contribution is -0.138. The molecular weight excluding hydrogens is 269 g/mol. The maximum atomic E-state index is 12.8. The molecule has 3 nitrogen and oxygen atoms in total. The molecule has 0 radical (unpaired) electrons. The van der Waals surface area contributed by atoms with Crippen LogP contribution < -0.4 is 0 Å². The van der Waals surface area contributed by atoms with Crippen molar-refractivity contribution in [2.24, 2.45) is 0 Å². The summed E-state index contributed by atoms with van der Waals surface area (Å²) in [6, 6.07) is 4.02. The molecule has 0 spiro atoms. The Hall–Kier alpha value is -1.27. The Labute approximate surface area is 116 Å². The number of phenols is 1. The van der Waals surface area contributed by atoms with E-state index >= 15 is 0 Å². The lowest BCUT2D eigenvalue weighted by atomic mass is 10.1. The number of halogens is 3. The predicted molar refractivity (Wildman–Crippen MR) is 70.5 cm³/mol. The zero-order chi connectivity index (χ0) is 14.9. The molecule has 1 N–H and O–H groups in total. The molecule has 1 aromatic carbocycles. The molecule has 0 saturated carbocycles. The molecule has 20 heavy (non-hydrogen) atoms. The van der Waals surface area contributed by atoms with E-state index in [1.54, 1.807) is 6.07 Å². The number of rotatable bonds is 2. The van der Waals surface area contributed by atoms with E-state index in [1.807, 2.05) is 7.05 Å². The quantitative estimate of drug-likeness (QED) is 0.906. The van der Waals surface area contributed by atoms with Gasteiger partial charge < -0.3 is 10.0 Å². The summed E-state index contributed by atoms with van der Waals surface area (Å²) in [6.45, 7) is 5.19. The second kappa shape index (κ2) is 5.61. The van der Waals surface area contributed by atoms with Crippen molar-refractivity contribution in [2.45, 2.75) is 25.7 Å². The minimum absolute atomic E-state index is 0.303. The van der Waals surface area contributed by atoms with Crippen LogP contribution in [0.25, 0.3) is 0 Å². The van der Waals surface area contributed by atoms with Crippen molar-refractivity contribution in [2.75, 3.05) is 26.7 Å². The molecule has 1 atom stereocenters. The van der Waals surface area contributed by atoms with Crippen LogP contribution in [0.4, 0.5) is 13.2 Å². The summed E-state index contributed by atoms with van der Waals surface area (Å²) in [7, 11) is 2.04. The molecule has 0 aliphatic carbocycles. The maximum Gasteiger partial charge on any atom is 0.419 e. The maximum absolute atomic E-state index is 12.8. The minimum Gasteiger partial charge on any atom is -0.507 e. The highest BCUT2D eigenvalue weighted by molar-refractivity contribution is 5.38. The number of alkyl halides is 3. The van der Waals surface area contributed by atoms with E-state index in [0.29, 0.717) is 18.2 Å². The Kier molecular flexibility index (Phi) is 4.25. The van der Waals surface area contributed by atoms with E-state index in [-0.39, 0.29) is 0 Å². The first-order valence-electron chi connectivity index (χ1n) is 6.59. The molecule has 1 unspecified atom stereocenters. The number of phenolic OH excluding ortho intramolecular Hbond substituents is 1. The zero-order valence-electron chi connectivity index (χ0n) is 11.6. The van der Waals surface area contributed by atoms with Gasteiger partial charge in [0.15, 0.2) is 0 Å². The first-order valence-corrected chi connectivity index (χ1v) is 6.59. The Bertz CT molecular complexity index is 476. The lowest BCUT2D eigenvalue weighted by Crippen LogP contribution is -2.49. The van der Waals surface area contributed by atoms with Gasteiger partial charge in [-0.2, -0.15) is 13.2 Å². The van der Waals surface area contributed by atoms with Crippen LogP contribution in [-0.2, 0) is 12.7 Å². The van der Waals surface area contributed by atoms with Crippen molar-refractivity contribution in [1.82, 2.24) is 9.80 Å². The molecule has 0 aromatic heterocycles. The molecule has 1 heterocycles. The molecule has 1 aliphatic heterocycles. The van der Waals surface area contributed by atoms with Gasteiger partial charge in [-0.05, 0) is 31.7 Å². The Balaban J connectivity index is 2.14. The van der Waals surface area contributed by atoms with Crippen LogP contribution in [0.1, 0.15) is 18.1 Å². The van der Waals surface area contributed by atoms with Crippen LogP contribution in [-0.4, -0.2) is 47.6 Å². The summed E-state index contributed by atoms with van der Waals surface area (Å²) in [5.41, 5.74) is -0.386. The van der Waals surface area contributed by atoms with E-state index in [0.717, 1.165) is 31.8 Å². The lowest BCUT2D eigenvalue weighted by Gasteiger charge is -2.38. The van der Waals surface area contributed by atoms with Crippen molar-refractivity contribution in [3.63, 3.8) is 0 Å². The highest BCUT2D eigenvalue weighted by Gasteiger charge is 2.34. The molecule has 6 heteroatoms. The number of nitrogens with zero attached hydrogens (tertiary/aromatic N) is 2. The number of likely N-dealkylation sites (N-methyl/N-ethyl adjacent to an activating group) is 1. The van der Waals surface area contributed by atoms with Gasteiger partial charge in [-0.1, -0.05) is 6.07 Å². The summed E-state index contributed by atoms with van der Waals surface area (Å²) >= 11 is 0. The van der Waals surface area contributed by atoms with Gasteiger partial charge in [-0.15, -0.1) is 0 Å². The fourth-order valence-electron chi connectivity index (χ4n) is 2.56. The highest BCUT2D eigenvalue weighted by Crippen LogP contribution is 2.36. The van der Waals surface area contributed by atoms with Crippen LogP contribution in [0.3, 0.4) is 0 Å². The number of aromatic hydroxyl groups is 1. The molecule has 1 saturated heterocycles. The molecule has 0 amide bonds. The number of hydrogen-bond acceptors (Lipinski definition) is 3. The number of hydrogen-bond donors (Lipinski definition) is 1. The number of piperazine rings is 1. The second-order valence-corrected chi connectivity index (χ2v) is 5.43. The predicted octanol–water partition coefficient (Wildman–Crippen LogP) is 2.55. The van der Waals surface area contributed by atoms with Crippen molar-refractivity contribution >= 4 is 0 Å². The third-order valence-electron chi connectivity index (χ3n) is 3.72. The van der Waals surface area contributed by atoms with Crippen LogP contribution >= 0.6 is 0 Å². The Morgan fingerprint density at radius 1 is 1.30 bits per heavy atom. The van der Waals surface area contributed by atoms with E-state index in [1.165, 1.54) is 0 Å². The molecule has 1 aromatic rings. The van der Waals surface area contributed by atoms with Crippen molar-refractivity contribution in [1.29, 1.82) is 0 Å². The summed E-state index contributed by atoms with van der Waals surface area (Å²) in [4.78, 5) is 4.37. The second-order valence-electron chi connectivity index (χ2n) is 5.43. The first kappa shape index (κ1) is 15.1. The summed E-state index contributed by atoms with van der Waals surface area (Å²) < 4.78 is 38.3. The Morgan fingerprint density at radius 2 is 2.00 bits per heavy atom. The molecule has 1 fully saturated rings. The van der Waals surface area contributed by atoms with Gasteiger partial charge in [0.05, 0.1) is 5.56 Å². The molecular formula is C14H19F3N2O. The van der Waals surface area contributed by atoms with E-state index in [2.05, 4.69) is 16.7 Å². The van der Waals surface area contributed by atoms with E-state index in [4.69, 9.17) is 0 Å². The first-order chi connectivity index (χ1) is 9.27. The van der Waals surface area contributed by atoms with E-state index in [9.17, 15) is 18.3 Å². The smallest absolute Gasteiger partial charge is 0.419 e. The number of benzene rings is 1. The fraction of sp³-hybridized carbons (Fsp3) is 0.571. The minimum atomic E-state index is -4.52. The Morgan fingerprint density at radius 3 is 2.60 bits per heavy atom. The zero-order valence-corrected chi connectivity index (χ0v) is 11.6. The SMILES string of the molecule is CC1CN(C)CCN1Cc1ccc(O)c(C(F)(F)F)c1. The van der Waals surface area contributed by atoms with Gasteiger partial charge in [-0.25, -0.2) is 0 Å². The van der Waals surface area contributed by atoms with Gasteiger partial charge in [0.25, 0.3) is 0 Å². The molecule has 112 valence electrons. The summed E-state index contributed by atoms with van der Waals surface area (Å²) in [5, 5.41) is 9.32. The van der Waals surface area contributed by atoms with Crippen molar-refractivity contribution < 1.29 is 18.3 Å². The highest BCUT2D eigenvalue weighted by atomic mass is 19.4. The van der Waals surface area contributed by atoms with Crippen LogP contribution in [0, 0.1) is 0 Å². The third-order valence-corrected chi connectivity index (χ3v) is 3.72. The average Bonchev–Trinajstić information content (AvgIpc) is 2.33. The summed E-state index contributed by atoms with van der Waals surface area (Å²) in [5.74, 6) is -0.715. The normalized spacial score (nSPS) is 22.1. The standard InChI is InChI=1S/C14H19F3N2O/c1-10-8-18(2)5-6-19(10)9-11-3-4-13(20)12(7-11)14(15,16)17/h3-4,7,10,20H,5-6,8-9H2,1-2H3. The van der Waals surface area contributed by atoms with Crippen LogP contribution in [0.2, 0.25) is 0 Å². The molecule has 0 bridgehead atoms. The van der Waals surface area contributed by atoms with E-state index < -0.39 is 17.5 Å². The van der Waals surface area contributed by atoms with Crippen LogP contribution in [0.15, 0.2) is 18.2 Å². The fourth-order valence-corrected chi connectivity index (χ4v) is 2.56. The van der Waals surface area contributed by atoms with Crippen molar-refractivity contribution in [3.05, 3.63) is 29.3 Å². The average molecular weight is 288 g/mol. The molecule has 1 aliphatic rings. The van der Waals surface area contributed by atoms with Crippen LogP contribution in [0.5, 0.6) is 5.75 Å². The van der Waals surface area contributed by atoms with Gasteiger partial charge in [0.1, 0.15) is 5.75 Å². The summed E-state index contributed by atoms with van der Waals surface area (Å²) in [6.07, 6.45) is -4.52. The molecule has 2 rings (SSSR count). The van der Waals surface area contributed by atoms with Gasteiger partial charge in [0.2, 0.25) is 0 Å². The van der Waals surface area contributed by atoms with Crippen molar-refractivity contribution in [3.8, 4) is 5.75 Å². The van der Waals surface area contributed by atoms with Gasteiger partial charge >= 0.3 is 6.18 Å².